The molecule has 3 rings (SSSR count). The summed E-state index contributed by atoms with van der Waals surface area (Å²) >= 11 is 3.44. The molecule has 19 heavy (non-hydrogen) atoms. The molecule has 0 bridgehead atoms. The third-order valence-corrected chi connectivity index (χ3v) is 5.50. The van der Waals surface area contributed by atoms with Gasteiger partial charge < -0.3 is 4.74 Å². The molecule has 1 atom stereocenters. The van der Waals surface area contributed by atoms with Gasteiger partial charge in [-0.15, -0.1) is 0 Å². The predicted molar refractivity (Wildman–Crippen MR) is 79.3 cm³/mol. The van der Waals surface area contributed by atoms with Crippen LogP contribution in [0.2, 0.25) is 0 Å². The molecule has 0 spiro atoms. The Morgan fingerprint density at radius 3 is 2.58 bits per heavy atom. The van der Waals surface area contributed by atoms with E-state index in [-0.39, 0.29) is 17.6 Å². The quantitative estimate of drug-likeness (QED) is 0.843. The van der Waals surface area contributed by atoms with E-state index in [2.05, 4.69) is 15.9 Å². The van der Waals surface area contributed by atoms with Gasteiger partial charge in [0, 0.05) is 4.47 Å². The van der Waals surface area contributed by atoms with Crippen LogP contribution in [-0.4, -0.2) is 26.0 Å². The summed E-state index contributed by atoms with van der Waals surface area (Å²) in [4.78, 5) is 0. The maximum Gasteiger partial charge on any atom is 0.154 e. The Morgan fingerprint density at radius 1 is 1.11 bits per heavy atom. The summed E-state index contributed by atoms with van der Waals surface area (Å²) in [7, 11) is -2.89. The molecule has 100 valence electrons. The molecule has 0 radical (unpaired) electrons. The van der Waals surface area contributed by atoms with Gasteiger partial charge in [-0.2, -0.15) is 0 Å². The van der Waals surface area contributed by atoms with Crippen LogP contribution in [0.5, 0.6) is 5.75 Å². The summed E-state index contributed by atoms with van der Waals surface area (Å²) in [5.74, 6) is 1.10. The summed E-state index contributed by atoms with van der Waals surface area (Å²) in [5.41, 5.74) is 0. The Labute approximate surface area is 120 Å². The van der Waals surface area contributed by atoms with Crippen molar-refractivity contribution in [3.8, 4) is 5.75 Å². The van der Waals surface area contributed by atoms with Crippen molar-refractivity contribution in [3.05, 3.63) is 40.9 Å². The number of hydrogen-bond donors (Lipinski definition) is 0. The van der Waals surface area contributed by atoms with Gasteiger partial charge in [0.25, 0.3) is 0 Å². The van der Waals surface area contributed by atoms with Crippen molar-refractivity contribution in [2.45, 2.75) is 12.5 Å². The number of ether oxygens (including phenoxy) is 1. The lowest BCUT2D eigenvalue weighted by molar-refractivity contribution is 0.229. The molecule has 0 aliphatic carbocycles. The second-order valence-corrected chi connectivity index (χ2v) is 7.94. The zero-order valence-electron chi connectivity index (χ0n) is 10.2. The first kappa shape index (κ1) is 12.9. The zero-order chi connectivity index (χ0) is 13.5. The van der Waals surface area contributed by atoms with Crippen LogP contribution in [0, 0.1) is 0 Å². The highest BCUT2D eigenvalue weighted by Gasteiger charge is 2.29. The van der Waals surface area contributed by atoms with Crippen LogP contribution in [-0.2, 0) is 9.84 Å². The lowest BCUT2D eigenvalue weighted by atomic mass is 10.1. The molecule has 1 fully saturated rings. The van der Waals surface area contributed by atoms with Crippen molar-refractivity contribution in [3.63, 3.8) is 0 Å². The number of rotatable bonds is 2. The van der Waals surface area contributed by atoms with E-state index in [1.165, 1.54) is 0 Å². The van der Waals surface area contributed by atoms with Gasteiger partial charge in [-0.25, -0.2) is 8.42 Å². The van der Waals surface area contributed by atoms with E-state index in [4.69, 9.17) is 4.74 Å². The van der Waals surface area contributed by atoms with Gasteiger partial charge in [-0.1, -0.05) is 28.1 Å². The minimum absolute atomic E-state index is 0.130. The van der Waals surface area contributed by atoms with Crippen LogP contribution >= 0.6 is 15.9 Å². The van der Waals surface area contributed by atoms with E-state index in [9.17, 15) is 8.42 Å². The first-order chi connectivity index (χ1) is 9.02. The molecule has 1 unspecified atom stereocenters. The first-order valence-corrected chi connectivity index (χ1v) is 8.70. The molecule has 1 aliphatic heterocycles. The second kappa shape index (κ2) is 4.80. The molecule has 0 aromatic heterocycles. The van der Waals surface area contributed by atoms with Gasteiger partial charge in [-0.05, 0) is 41.5 Å². The molecule has 1 saturated heterocycles. The number of fused-ring (bicyclic) bond motifs is 1. The van der Waals surface area contributed by atoms with Gasteiger partial charge in [0.1, 0.15) is 11.9 Å². The first-order valence-electron chi connectivity index (χ1n) is 6.08. The lowest BCUT2D eigenvalue weighted by Gasteiger charge is -2.12. The fraction of sp³-hybridized carbons (Fsp3) is 0.286. The van der Waals surface area contributed by atoms with Gasteiger partial charge in [0.05, 0.1) is 11.5 Å². The standard InChI is InChI=1S/C14H13BrO3S/c15-12-3-1-11-8-13(4-2-10(11)7-12)18-14-5-6-19(16,17)9-14/h1-4,7-8,14H,5-6,9H2. The number of benzene rings is 2. The fourth-order valence-electron chi connectivity index (χ4n) is 2.31. The van der Waals surface area contributed by atoms with E-state index in [1.807, 2.05) is 36.4 Å². The normalized spacial score (nSPS) is 21.6. The van der Waals surface area contributed by atoms with Crippen LogP contribution < -0.4 is 4.74 Å². The molecular formula is C14H13BrO3S. The smallest absolute Gasteiger partial charge is 0.154 e. The molecule has 1 aliphatic rings. The van der Waals surface area contributed by atoms with E-state index in [1.54, 1.807) is 0 Å². The summed E-state index contributed by atoms with van der Waals surface area (Å²) in [6.45, 7) is 0. The van der Waals surface area contributed by atoms with E-state index >= 15 is 0 Å². The van der Waals surface area contributed by atoms with Crippen molar-refractivity contribution in [2.75, 3.05) is 11.5 Å². The van der Waals surface area contributed by atoms with Crippen LogP contribution in [0.15, 0.2) is 40.9 Å². The molecule has 5 heteroatoms. The minimum Gasteiger partial charge on any atom is -0.489 e. The van der Waals surface area contributed by atoms with Crippen LogP contribution in [0.1, 0.15) is 6.42 Å². The third-order valence-electron chi connectivity index (χ3n) is 3.27. The number of hydrogen-bond acceptors (Lipinski definition) is 3. The van der Waals surface area contributed by atoms with Crippen LogP contribution in [0.3, 0.4) is 0 Å². The van der Waals surface area contributed by atoms with Gasteiger partial charge >= 0.3 is 0 Å². The number of sulfone groups is 1. The average Bonchev–Trinajstić information content (AvgIpc) is 2.69. The van der Waals surface area contributed by atoms with E-state index in [0.29, 0.717) is 6.42 Å². The van der Waals surface area contributed by atoms with Crippen molar-refractivity contribution in [1.82, 2.24) is 0 Å². The Bertz CT molecular complexity index is 725. The maximum atomic E-state index is 11.4. The summed E-state index contributed by atoms with van der Waals surface area (Å²) < 4.78 is 29.6. The van der Waals surface area contributed by atoms with Crippen molar-refractivity contribution in [1.29, 1.82) is 0 Å². The summed E-state index contributed by atoms with van der Waals surface area (Å²) in [6.07, 6.45) is 0.374. The lowest BCUT2D eigenvalue weighted by Crippen LogP contribution is -2.17. The Hall–Kier alpha value is -1.07. The molecule has 1 heterocycles. The summed E-state index contributed by atoms with van der Waals surface area (Å²) in [5, 5.41) is 2.21. The molecular weight excluding hydrogens is 328 g/mol. The monoisotopic (exact) mass is 340 g/mol. The van der Waals surface area contributed by atoms with E-state index in [0.717, 1.165) is 21.0 Å². The topological polar surface area (TPSA) is 43.4 Å². The van der Waals surface area contributed by atoms with Crippen molar-refractivity contribution < 1.29 is 13.2 Å². The largest absolute Gasteiger partial charge is 0.489 e. The second-order valence-electron chi connectivity index (χ2n) is 4.80. The van der Waals surface area contributed by atoms with Crippen molar-refractivity contribution in [2.24, 2.45) is 0 Å². The molecule has 2 aromatic carbocycles. The predicted octanol–water partition coefficient (Wildman–Crippen LogP) is 3.17. The summed E-state index contributed by atoms with van der Waals surface area (Å²) in [6, 6.07) is 11.9. The Balaban J connectivity index is 1.84. The van der Waals surface area contributed by atoms with Crippen LogP contribution in [0.4, 0.5) is 0 Å². The number of halogens is 1. The third kappa shape index (κ3) is 2.92. The molecule has 0 amide bonds. The average molecular weight is 341 g/mol. The molecule has 3 nitrogen and oxygen atoms in total. The zero-order valence-corrected chi connectivity index (χ0v) is 12.6. The van der Waals surface area contributed by atoms with Gasteiger partial charge in [-0.3, -0.25) is 0 Å². The SMILES string of the molecule is O=S1(=O)CCC(Oc2ccc3cc(Br)ccc3c2)C1. The van der Waals surface area contributed by atoms with E-state index < -0.39 is 9.84 Å². The highest BCUT2D eigenvalue weighted by molar-refractivity contribution is 9.10. The van der Waals surface area contributed by atoms with Gasteiger partial charge in [0.2, 0.25) is 0 Å². The van der Waals surface area contributed by atoms with Gasteiger partial charge in [0.15, 0.2) is 9.84 Å². The fourth-order valence-corrected chi connectivity index (χ4v) is 4.28. The van der Waals surface area contributed by atoms with Crippen LogP contribution in [0.25, 0.3) is 10.8 Å². The Kier molecular flexibility index (Phi) is 3.27. The van der Waals surface area contributed by atoms with Crippen molar-refractivity contribution >= 4 is 36.5 Å². The minimum atomic E-state index is -2.89. The highest BCUT2D eigenvalue weighted by Crippen LogP contribution is 2.26. The molecule has 0 saturated carbocycles. The molecule has 2 aromatic rings. The highest BCUT2D eigenvalue weighted by atomic mass is 79.9. The maximum absolute atomic E-state index is 11.4. The Morgan fingerprint density at radius 2 is 1.84 bits per heavy atom. The molecule has 0 N–H and O–H groups in total.